The van der Waals surface area contributed by atoms with Gasteiger partial charge < -0.3 is 4.74 Å². The quantitative estimate of drug-likeness (QED) is 0.704. The third kappa shape index (κ3) is 2.44. The third-order valence-electron chi connectivity index (χ3n) is 2.72. The molecule has 1 aromatic carbocycles. The molecule has 5 heteroatoms. The highest BCUT2D eigenvalue weighted by Gasteiger charge is 2.05. The Morgan fingerprint density at radius 3 is 3.05 bits per heavy atom. The highest BCUT2D eigenvalue weighted by atomic mass is 16.5. The summed E-state index contributed by atoms with van der Waals surface area (Å²) in [6.07, 6.45) is 5.73. The van der Waals surface area contributed by atoms with Crippen LogP contribution in [0.1, 0.15) is 5.56 Å². The number of carbonyl (C=O) groups is 1. The van der Waals surface area contributed by atoms with Gasteiger partial charge in [0.25, 0.3) is 0 Å². The lowest BCUT2D eigenvalue weighted by Gasteiger charge is -2.05. The maximum absolute atomic E-state index is 11.6. The van der Waals surface area contributed by atoms with E-state index in [-0.39, 0.29) is 6.61 Å². The van der Waals surface area contributed by atoms with Crippen LogP contribution >= 0.6 is 0 Å². The van der Waals surface area contributed by atoms with Crippen molar-refractivity contribution in [1.82, 2.24) is 14.5 Å². The zero-order valence-electron chi connectivity index (χ0n) is 10.1. The van der Waals surface area contributed by atoms with E-state index < -0.39 is 6.09 Å². The predicted molar refractivity (Wildman–Crippen MR) is 69.6 cm³/mol. The molecule has 0 spiro atoms. The van der Waals surface area contributed by atoms with Gasteiger partial charge in [0.2, 0.25) is 0 Å². The van der Waals surface area contributed by atoms with E-state index in [2.05, 4.69) is 9.97 Å². The molecule has 2 aromatic heterocycles. The Morgan fingerprint density at radius 1 is 1.32 bits per heavy atom. The van der Waals surface area contributed by atoms with E-state index in [1.54, 1.807) is 12.4 Å². The molecular weight excluding hydrogens is 242 g/mol. The van der Waals surface area contributed by atoms with Gasteiger partial charge >= 0.3 is 6.09 Å². The fourth-order valence-corrected chi connectivity index (χ4v) is 1.78. The second-order valence-electron chi connectivity index (χ2n) is 4.06. The summed E-state index contributed by atoms with van der Waals surface area (Å²) in [6.45, 7) is 0.189. The summed E-state index contributed by atoms with van der Waals surface area (Å²) in [7, 11) is 0. The fraction of sp³-hybridized carbons (Fsp3) is 0.0714. The van der Waals surface area contributed by atoms with Gasteiger partial charge in [-0.15, -0.1) is 0 Å². The van der Waals surface area contributed by atoms with Gasteiger partial charge in [-0.05, 0) is 12.1 Å². The summed E-state index contributed by atoms with van der Waals surface area (Å²) < 4.78 is 6.45. The van der Waals surface area contributed by atoms with Crippen LogP contribution in [-0.2, 0) is 11.3 Å². The van der Waals surface area contributed by atoms with Crippen LogP contribution in [0.4, 0.5) is 4.79 Å². The van der Waals surface area contributed by atoms with Gasteiger partial charge in [-0.1, -0.05) is 18.2 Å². The minimum Gasteiger partial charge on any atom is -0.444 e. The summed E-state index contributed by atoms with van der Waals surface area (Å²) >= 11 is 0. The Hall–Kier alpha value is -2.69. The average molecular weight is 253 g/mol. The Bertz CT molecular complexity index is 708. The number of benzene rings is 1. The SMILES string of the molecule is O=C(OCc1cnc2ccccc2c1)n1ccnc1. The molecule has 0 bridgehead atoms. The monoisotopic (exact) mass is 253 g/mol. The molecule has 94 valence electrons. The largest absolute Gasteiger partial charge is 0.444 e. The number of rotatable bonds is 2. The van der Waals surface area contributed by atoms with Crippen LogP contribution in [0.15, 0.2) is 55.2 Å². The summed E-state index contributed by atoms with van der Waals surface area (Å²) in [6, 6.07) is 9.77. The molecule has 0 aliphatic rings. The van der Waals surface area contributed by atoms with Crippen molar-refractivity contribution in [2.45, 2.75) is 6.61 Å². The third-order valence-corrected chi connectivity index (χ3v) is 2.72. The van der Waals surface area contributed by atoms with Gasteiger partial charge in [0, 0.05) is 29.5 Å². The van der Waals surface area contributed by atoms with Gasteiger partial charge in [0.05, 0.1) is 5.52 Å². The Morgan fingerprint density at radius 2 is 2.21 bits per heavy atom. The van der Waals surface area contributed by atoms with Crippen LogP contribution < -0.4 is 0 Å². The predicted octanol–water partition coefficient (Wildman–Crippen LogP) is 2.62. The van der Waals surface area contributed by atoms with E-state index in [0.717, 1.165) is 16.5 Å². The number of para-hydroxylation sites is 1. The van der Waals surface area contributed by atoms with Crippen LogP contribution in [0.5, 0.6) is 0 Å². The fourth-order valence-electron chi connectivity index (χ4n) is 1.78. The summed E-state index contributed by atoms with van der Waals surface area (Å²) in [5, 5.41) is 1.03. The Balaban J connectivity index is 1.73. The van der Waals surface area contributed by atoms with Crippen molar-refractivity contribution < 1.29 is 9.53 Å². The topological polar surface area (TPSA) is 57.0 Å². The highest BCUT2D eigenvalue weighted by Crippen LogP contribution is 2.13. The molecule has 0 saturated heterocycles. The molecule has 0 unspecified atom stereocenters. The number of aromatic nitrogens is 3. The first-order valence-corrected chi connectivity index (χ1v) is 5.82. The lowest BCUT2D eigenvalue weighted by Crippen LogP contribution is -2.11. The van der Waals surface area contributed by atoms with Gasteiger partial charge in [0.15, 0.2) is 0 Å². The molecule has 3 rings (SSSR count). The number of ether oxygens (including phenoxy) is 1. The van der Waals surface area contributed by atoms with Gasteiger partial charge in [-0.25, -0.2) is 14.3 Å². The molecule has 0 atom stereocenters. The van der Waals surface area contributed by atoms with Crippen LogP contribution in [0.2, 0.25) is 0 Å². The number of hydrogen-bond acceptors (Lipinski definition) is 4. The number of hydrogen-bond donors (Lipinski definition) is 0. The summed E-state index contributed by atoms with van der Waals surface area (Å²) in [4.78, 5) is 19.7. The van der Waals surface area contributed by atoms with Crippen LogP contribution in [0.25, 0.3) is 10.9 Å². The van der Waals surface area contributed by atoms with E-state index in [1.807, 2.05) is 30.3 Å². The molecule has 0 amide bonds. The van der Waals surface area contributed by atoms with E-state index in [1.165, 1.54) is 17.1 Å². The minimum absolute atomic E-state index is 0.189. The molecule has 0 aliphatic heterocycles. The maximum atomic E-state index is 11.6. The van der Waals surface area contributed by atoms with Crippen molar-refractivity contribution >= 4 is 17.0 Å². The van der Waals surface area contributed by atoms with Gasteiger partial charge in [0.1, 0.15) is 12.9 Å². The summed E-state index contributed by atoms with van der Waals surface area (Å²) in [5.41, 5.74) is 1.78. The second kappa shape index (κ2) is 4.89. The van der Waals surface area contributed by atoms with Gasteiger partial charge in [-0.2, -0.15) is 0 Å². The minimum atomic E-state index is -0.453. The van der Waals surface area contributed by atoms with E-state index >= 15 is 0 Å². The van der Waals surface area contributed by atoms with Crippen molar-refractivity contribution in [1.29, 1.82) is 0 Å². The van der Waals surface area contributed by atoms with Crippen LogP contribution in [0.3, 0.4) is 0 Å². The highest BCUT2D eigenvalue weighted by molar-refractivity contribution is 5.78. The van der Waals surface area contributed by atoms with Crippen molar-refractivity contribution in [2.75, 3.05) is 0 Å². The average Bonchev–Trinajstić information content (AvgIpc) is 2.99. The molecule has 0 saturated carbocycles. The van der Waals surface area contributed by atoms with Crippen LogP contribution in [-0.4, -0.2) is 20.6 Å². The lowest BCUT2D eigenvalue weighted by atomic mass is 10.2. The van der Waals surface area contributed by atoms with E-state index in [0.29, 0.717) is 0 Å². The zero-order valence-corrected chi connectivity index (χ0v) is 10.1. The summed E-state index contributed by atoms with van der Waals surface area (Å²) in [5.74, 6) is 0. The molecule has 0 fully saturated rings. The van der Waals surface area contributed by atoms with Crippen LogP contribution in [0, 0.1) is 0 Å². The van der Waals surface area contributed by atoms with Crippen molar-refractivity contribution in [3.8, 4) is 0 Å². The van der Waals surface area contributed by atoms with E-state index in [9.17, 15) is 4.79 Å². The number of carbonyl (C=O) groups excluding carboxylic acids is 1. The van der Waals surface area contributed by atoms with Crippen molar-refractivity contribution in [3.05, 3.63) is 60.8 Å². The van der Waals surface area contributed by atoms with E-state index in [4.69, 9.17) is 4.74 Å². The molecule has 2 heterocycles. The molecule has 0 radical (unpaired) electrons. The maximum Gasteiger partial charge on any atom is 0.419 e. The Kier molecular flexibility index (Phi) is 2.94. The molecular formula is C14H11N3O2. The second-order valence-corrected chi connectivity index (χ2v) is 4.06. The molecule has 19 heavy (non-hydrogen) atoms. The molecule has 5 nitrogen and oxygen atoms in total. The molecule has 0 aliphatic carbocycles. The number of nitrogens with zero attached hydrogens (tertiary/aromatic N) is 3. The first-order chi connectivity index (χ1) is 9.33. The first-order valence-electron chi connectivity index (χ1n) is 5.82. The normalized spacial score (nSPS) is 10.5. The molecule has 0 N–H and O–H groups in total. The Labute approximate surface area is 109 Å². The smallest absolute Gasteiger partial charge is 0.419 e. The van der Waals surface area contributed by atoms with Crippen molar-refractivity contribution in [2.24, 2.45) is 0 Å². The van der Waals surface area contributed by atoms with Gasteiger partial charge in [-0.3, -0.25) is 4.98 Å². The number of fused-ring (bicyclic) bond motifs is 1. The van der Waals surface area contributed by atoms with Crippen molar-refractivity contribution in [3.63, 3.8) is 0 Å². The lowest BCUT2D eigenvalue weighted by molar-refractivity contribution is 0.141. The number of imidazole rings is 1. The number of pyridine rings is 1. The zero-order chi connectivity index (χ0) is 13.1. The first kappa shape index (κ1) is 11.4. The standard InChI is InChI=1S/C14H11N3O2/c18-14(17-6-5-15-10-17)19-9-11-7-12-3-1-2-4-13(12)16-8-11/h1-8,10H,9H2. The molecule has 3 aromatic rings.